The standard InChI is InChI=1S/C21H26N2O4S/c1-12-16-17(21(4,5)10-9-20(16,2)3)28-18(12)22-13-7-8-14(19(24)27-6)15(11-13)23(25)26/h7-8,11,22H,9-10H2,1-6H3. The largest absolute Gasteiger partial charge is 0.465 e. The number of anilines is 2. The molecule has 0 amide bonds. The molecule has 0 aliphatic heterocycles. The predicted molar refractivity (Wildman–Crippen MR) is 112 cm³/mol. The highest BCUT2D eigenvalue weighted by Gasteiger charge is 2.40. The van der Waals surface area contributed by atoms with E-state index in [4.69, 9.17) is 0 Å². The van der Waals surface area contributed by atoms with E-state index in [1.807, 2.05) is 0 Å². The number of methoxy groups -OCH3 is 1. The van der Waals surface area contributed by atoms with Crippen LogP contribution in [0.1, 0.15) is 66.9 Å². The lowest BCUT2D eigenvalue weighted by molar-refractivity contribution is -0.385. The van der Waals surface area contributed by atoms with Gasteiger partial charge in [0.15, 0.2) is 0 Å². The molecule has 7 heteroatoms. The van der Waals surface area contributed by atoms with E-state index in [9.17, 15) is 14.9 Å². The topological polar surface area (TPSA) is 81.5 Å². The number of nitrogens with one attached hydrogen (secondary N) is 1. The highest BCUT2D eigenvalue weighted by molar-refractivity contribution is 7.16. The van der Waals surface area contributed by atoms with Gasteiger partial charge in [0.05, 0.1) is 17.0 Å². The van der Waals surface area contributed by atoms with Crippen molar-refractivity contribution >= 4 is 33.7 Å². The number of nitro groups is 1. The molecule has 1 N–H and O–H groups in total. The van der Waals surface area contributed by atoms with E-state index in [0.29, 0.717) is 5.69 Å². The van der Waals surface area contributed by atoms with Crippen molar-refractivity contribution in [2.24, 2.45) is 0 Å². The summed E-state index contributed by atoms with van der Waals surface area (Å²) < 4.78 is 4.64. The van der Waals surface area contributed by atoms with Gasteiger partial charge in [-0.15, -0.1) is 11.3 Å². The zero-order chi connectivity index (χ0) is 20.9. The highest BCUT2D eigenvalue weighted by atomic mass is 32.1. The summed E-state index contributed by atoms with van der Waals surface area (Å²) >= 11 is 1.72. The van der Waals surface area contributed by atoms with Gasteiger partial charge in [0.2, 0.25) is 0 Å². The molecule has 150 valence electrons. The van der Waals surface area contributed by atoms with Gasteiger partial charge in [-0.2, -0.15) is 0 Å². The average molecular weight is 403 g/mol. The average Bonchev–Trinajstić information content (AvgIpc) is 2.97. The van der Waals surface area contributed by atoms with Crippen molar-refractivity contribution in [3.63, 3.8) is 0 Å². The summed E-state index contributed by atoms with van der Waals surface area (Å²) in [5, 5.41) is 15.8. The summed E-state index contributed by atoms with van der Waals surface area (Å²) in [7, 11) is 1.21. The zero-order valence-corrected chi connectivity index (χ0v) is 18.0. The molecule has 1 heterocycles. The van der Waals surface area contributed by atoms with Gasteiger partial charge in [-0.25, -0.2) is 4.79 Å². The lowest BCUT2D eigenvalue weighted by Crippen LogP contribution is -2.32. The number of thiophene rings is 1. The molecule has 2 aromatic rings. The number of carbonyl (C=O) groups is 1. The van der Waals surface area contributed by atoms with E-state index in [1.54, 1.807) is 17.4 Å². The first kappa shape index (κ1) is 20.3. The minimum Gasteiger partial charge on any atom is -0.465 e. The molecule has 1 aromatic carbocycles. The van der Waals surface area contributed by atoms with Crippen molar-refractivity contribution in [1.82, 2.24) is 0 Å². The van der Waals surface area contributed by atoms with Crippen LogP contribution in [0.4, 0.5) is 16.4 Å². The molecule has 1 aromatic heterocycles. The van der Waals surface area contributed by atoms with Gasteiger partial charge in [0, 0.05) is 16.6 Å². The third-order valence-electron chi connectivity index (χ3n) is 5.67. The molecule has 3 rings (SSSR count). The fourth-order valence-electron chi connectivity index (χ4n) is 3.96. The Morgan fingerprint density at radius 1 is 1.21 bits per heavy atom. The Bertz CT molecular complexity index is 960. The number of carbonyl (C=O) groups excluding carboxylic acids is 1. The second-order valence-corrected chi connectivity index (χ2v) is 9.65. The van der Waals surface area contributed by atoms with Crippen LogP contribution in [0.15, 0.2) is 18.2 Å². The summed E-state index contributed by atoms with van der Waals surface area (Å²) in [4.78, 5) is 24.0. The maximum absolute atomic E-state index is 11.8. The number of nitro benzene ring substituents is 1. The Balaban J connectivity index is 2.04. The quantitative estimate of drug-likeness (QED) is 0.394. The first-order valence-electron chi connectivity index (χ1n) is 9.26. The van der Waals surface area contributed by atoms with Gasteiger partial charge in [-0.3, -0.25) is 10.1 Å². The van der Waals surface area contributed by atoms with Crippen molar-refractivity contribution in [3.05, 3.63) is 49.9 Å². The third kappa shape index (κ3) is 3.39. The minimum absolute atomic E-state index is 0.0532. The molecule has 6 nitrogen and oxygen atoms in total. The number of rotatable bonds is 4. The van der Waals surface area contributed by atoms with Crippen LogP contribution >= 0.6 is 11.3 Å². The zero-order valence-electron chi connectivity index (χ0n) is 17.1. The Morgan fingerprint density at radius 2 is 1.86 bits per heavy atom. The van der Waals surface area contributed by atoms with E-state index in [1.165, 1.54) is 35.2 Å². The number of hydrogen-bond donors (Lipinski definition) is 1. The molecule has 0 radical (unpaired) electrons. The van der Waals surface area contributed by atoms with Crippen LogP contribution in [0.5, 0.6) is 0 Å². The maximum Gasteiger partial charge on any atom is 0.344 e. The number of nitrogens with zero attached hydrogens (tertiary/aromatic N) is 1. The second kappa shape index (κ2) is 6.88. The van der Waals surface area contributed by atoms with E-state index < -0.39 is 10.9 Å². The number of fused-ring (bicyclic) bond motifs is 1. The summed E-state index contributed by atoms with van der Waals surface area (Å²) in [5.41, 5.74) is 3.05. The lowest BCUT2D eigenvalue weighted by atomic mass is 9.66. The molecular formula is C21H26N2O4S. The SMILES string of the molecule is COC(=O)c1ccc(Nc2sc3c(c2C)C(C)(C)CCC3(C)C)cc1[N+](=O)[O-]. The molecule has 0 saturated heterocycles. The van der Waals surface area contributed by atoms with Gasteiger partial charge >= 0.3 is 5.97 Å². The Labute approximate surface area is 169 Å². The highest BCUT2D eigenvalue weighted by Crippen LogP contribution is 2.53. The normalized spacial score (nSPS) is 16.9. The van der Waals surface area contributed by atoms with Crippen molar-refractivity contribution in [3.8, 4) is 0 Å². The van der Waals surface area contributed by atoms with Gasteiger partial charge in [-0.1, -0.05) is 27.7 Å². The monoisotopic (exact) mass is 402 g/mol. The van der Waals surface area contributed by atoms with Crippen LogP contribution in [0.2, 0.25) is 0 Å². The molecule has 0 saturated carbocycles. The molecule has 1 aliphatic carbocycles. The van der Waals surface area contributed by atoms with Gasteiger partial charge in [0.25, 0.3) is 5.69 Å². The number of esters is 1. The van der Waals surface area contributed by atoms with E-state index in [2.05, 4.69) is 44.7 Å². The van der Waals surface area contributed by atoms with E-state index >= 15 is 0 Å². The lowest BCUT2D eigenvalue weighted by Gasteiger charge is -2.39. The Hall–Kier alpha value is -2.41. The van der Waals surface area contributed by atoms with Crippen LogP contribution in [-0.4, -0.2) is 18.0 Å². The predicted octanol–water partition coefficient (Wildman–Crippen LogP) is 5.84. The first-order valence-corrected chi connectivity index (χ1v) is 10.1. The number of benzene rings is 1. The van der Waals surface area contributed by atoms with Gasteiger partial charge < -0.3 is 10.1 Å². The van der Waals surface area contributed by atoms with E-state index in [-0.39, 0.29) is 22.1 Å². The summed E-state index contributed by atoms with van der Waals surface area (Å²) in [5.74, 6) is -0.718. The van der Waals surface area contributed by atoms with Crippen LogP contribution in [-0.2, 0) is 15.6 Å². The number of hydrogen-bond acceptors (Lipinski definition) is 6. The maximum atomic E-state index is 11.8. The molecule has 28 heavy (non-hydrogen) atoms. The Kier molecular flexibility index (Phi) is 5.00. The van der Waals surface area contributed by atoms with E-state index in [0.717, 1.165) is 17.8 Å². The third-order valence-corrected chi connectivity index (χ3v) is 7.24. The Morgan fingerprint density at radius 3 is 2.43 bits per heavy atom. The molecule has 1 aliphatic rings. The fourth-order valence-corrected chi connectivity index (χ4v) is 5.50. The fraction of sp³-hybridized carbons (Fsp3) is 0.476. The number of ether oxygens (including phenoxy) is 1. The van der Waals surface area contributed by atoms with Crippen molar-refractivity contribution < 1.29 is 14.5 Å². The van der Waals surface area contributed by atoms with Crippen LogP contribution in [0.3, 0.4) is 0 Å². The molecular weight excluding hydrogens is 376 g/mol. The first-order chi connectivity index (χ1) is 13.0. The minimum atomic E-state index is -0.718. The molecule has 0 fully saturated rings. The van der Waals surface area contributed by atoms with Gasteiger partial charge in [0.1, 0.15) is 5.56 Å². The molecule has 0 bridgehead atoms. The molecule has 0 unspecified atom stereocenters. The summed E-state index contributed by atoms with van der Waals surface area (Å²) in [6, 6.07) is 4.50. The molecule has 0 spiro atoms. The van der Waals surface area contributed by atoms with Crippen molar-refractivity contribution in [2.45, 2.75) is 58.3 Å². The van der Waals surface area contributed by atoms with Crippen molar-refractivity contribution in [2.75, 3.05) is 12.4 Å². The summed E-state index contributed by atoms with van der Waals surface area (Å²) in [6.07, 6.45) is 2.26. The summed E-state index contributed by atoms with van der Waals surface area (Å²) in [6.45, 7) is 11.2. The second-order valence-electron chi connectivity index (χ2n) is 8.63. The van der Waals surface area contributed by atoms with Crippen LogP contribution < -0.4 is 5.32 Å². The van der Waals surface area contributed by atoms with Crippen molar-refractivity contribution in [1.29, 1.82) is 0 Å². The van der Waals surface area contributed by atoms with Crippen LogP contribution in [0, 0.1) is 17.0 Å². The van der Waals surface area contributed by atoms with Crippen LogP contribution in [0.25, 0.3) is 0 Å². The smallest absolute Gasteiger partial charge is 0.344 e. The van der Waals surface area contributed by atoms with Gasteiger partial charge in [-0.05, 0) is 53.9 Å². The molecule has 0 atom stereocenters.